The fraction of sp³-hybridized carbons (Fsp3) is 0.348. The van der Waals surface area contributed by atoms with Gasteiger partial charge in [0.15, 0.2) is 0 Å². The summed E-state index contributed by atoms with van der Waals surface area (Å²) in [5.74, 6) is 85.2. The van der Waals surface area contributed by atoms with Crippen molar-refractivity contribution in [3.05, 3.63) is 209 Å². The van der Waals surface area contributed by atoms with Crippen LogP contribution in [0.4, 0.5) is 0 Å². The summed E-state index contributed by atoms with van der Waals surface area (Å²) in [5, 5.41) is 0. The van der Waals surface area contributed by atoms with Gasteiger partial charge in [-0.05, 0) is 273 Å². The van der Waals surface area contributed by atoms with Crippen LogP contribution in [-0.4, -0.2) is 0 Å². The van der Waals surface area contributed by atoms with Gasteiger partial charge in [0, 0.05) is 66.8 Å². The minimum atomic E-state index is -0.441. The van der Waals surface area contributed by atoms with Crippen LogP contribution < -0.4 is 0 Å². The van der Waals surface area contributed by atoms with Crippen molar-refractivity contribution in [3.8, 4) is 142 Å². The highest BCUT2D eigenvalue weighted by Gasteiger charge is 2.80. The van der Waals surface area contributed by atoms with Crippen LogP contribution in [0, 0.1) is 153 Å². The first-order valence-electron chi connectivity index (χ1n) is 32.7. The third-order valence-electron chi connectivity index (χ3n) is 22.1. The van der Waals surface area contributed by atoms with E-state index in [1.807, 2.05) is 83.1 Å². The first-order valence-corrected chi connectivity index (χ1v) is 32.7. The summed E-state index contributed by atoms with van der Waals surface area (Å²) in [7, 11) is 0. The Kier molecular flexibility index (Phi) is 16.5. The smallest absolute Gasteiger partial charge is 0.0439 e. The van der Waals surface area contributed by atoms with Crippen LogP contribution in [0.15, 0.2) is 109 Å². The van der Waals surface area contributed by atoms with Crippen molar-refractivity contribution in [2.45, 2.75) is 193 Å². The molecule has 8 aliphatic carbocycles. The molecule has 446 valence electrons. The minimum Gasteiger partial charge on any atom is -0.101 e. The molecule has 8 saturated carbocycles. The Morgan fingerprint density at radius 3 is 0.457 bits per heavy atom. The van der Waals surface area contributed by atoms with E-state index in [1.54, 1.807) is 0 Å². The Morgan fingerprint density at radius 2 is 0.326 bits per heavy atom. The summed E-state index contributed by atoms with van der Waals surface area (Å²) in [5.41, 5.74) is 16.6. The standard InChI is InChI=1S/C92H78/c1-13-31-67-43-25-49-79(73(67)37-19-7)85-55-86(80-50-26-44-68(32-14-2)74(80)38-20-8)57-87(56-85,81-51-27-45-69(33-15-3)75(81)39-21-9)63-91(61-85,62-86)92-64-88(82-52-28-46-70(34-16-4)76(82)40-22-10)58-89(65-92,83-53-29-47-71(35-17-5)77(83)41-23-11)60-90(59-88,66-92)84-54-30-48-72(36-18-6)78(84)42-24-12/h25-30,43-54H,55-66H2,1-12H3. The van der Waals surface area contributed by atoms with Crippen LogP contribution >= 0.6 is 0 Å². The van der Waals surface area contributed by atoms with E-state index in [1.165, 1.54) is 33.4 Å². The molecule has 6 aromatic carbocycles. The van der Waals surface area contributed by atoms with E-state index >= 15 is 0 Å². The molecule has 0 aliphatic heterocycles. The zero-order chi connectivity index (χ0) is 64.6. The van der Waals surface area contributed by atoms with Crippen molar-refractivity contribution in [1.29, 1.82) is 0 Å². The molecule has 14 rings (SSSR count). The van der Waals surface area contributed by atoms with Gasteiger partial charge in [-0.25, -0.2) is 0 Å². The Labute approximate surface area is 551 Å². The molecule has 0 atom stereocenters. The highest BCUT2D eigenvalue weighted by molar-refractivity contribution is 5.68. The van der Waals surface area contributed by atoms with Crippen LogP contribution in [-0.2, 0) is 32.5 Å². The predicted molar refractivity (Wildman–Crippen MR) is 380 cm³/mol. The van der Waals surface area contributed by atoms with Crippen LogP contribution in [0.5, 0.6) is 0 Å². The summed E-state index contributed by atoms with van der Waals surface area (Å²) < 4.78 is 0. The van der Waals surface area contributed by atoms with E-state index < -0.39 is 32.5 Å². The maximum Gasteiger partial charge on any atom is 0.0439 e. The lowest BCUT2D eigenvalue weighted by molar-refractivity contribution is -0.237. The van der Waals surface area contributed by atoms with E-state index in [4.69, 9.17) is 0 Å². The second-order valence-electron chi connectivity index (χ2n) is 27.2. The molecule has 0 radical (unpaired) electrons. The van der Waals surface area contributed by atoms with Gasteiger partial charge in [-0.15, -0.1) is 71.0 Å². The molecule has 0 aromatic heterocycles. The summed E-state index contributed by atoms with van der Waals surface area (Å²) in [6.45, 7) is 23.6. The Hall–Kier alpha value is -9.96. The number of hydrogen-bond acceptors (Lipinski definition) is 0. The number of benzene rings is 6. The molecule has 0 amide bonds. The van der Waals surface area contributed by atoms with E-state index in [9.17, 15) is 0 Å². The Bertz CT molecular complexity index is 4140. The quantitative estimate of drug-likeness (QED) is 0.140. The van der Waals surface area contributed by atoms with E-state index in [-0.39, 0.29) is 10.8 Å². The molecular formula is C92H78. The molecule has 8 aliphatic rings. The number of rotatable bonds is 7. The molecule has 6 aromatic rings. The molecule has 0 nitrogen and oxygen atoms in total. The van der Waals surface area contributed by atoms with Gasteiger partial charge in [-0.1, -0.05) is 144 Å². The predicted octanol–water partition coefficient (Wildman–Crippen LogP) is 17.8. The summed E-state index contributed by atoms with van der Waals surface area (Å²) in [6, 6.07) is 41.5. The molecule has 0 heterocycles. The Morgan fingerprint density at radius 1 is 0.185 bits per heavy atom. The fourth-order valence-electron chi connectivity index (χ4n) is 21.1. The first-order chi connectivity index (χ1) is 44.8. The van der Waals surface area contributed by atoms with E-state index in [2.05, 4.69) is 251 Å². The molecule has 0 unspecified atom stereocenters. The van der Waals surface area contributed by atoms with Crippen LogP contribution in [0.1, 0.15) is 260 Å². The Balaban J connectivity index is 1.33. The average Bonchev–Trinajstić information content (AvgIpc) is 0.639. The van der Waals surface area contributed by atoms with Gasteiger partial charge in [0.05, 0.1) is 0 Å². The third kappa shape index (κ3) is 9.70. The van der Waals surface area contributed by atoms with Crippen molar-refractivity contribution < 1.29 is 0 Å². The van der Waals surface area contributed by atoms with Crippen molar-refractivity contribution in [1.82, 2.24) is 0 Å². The SMILES string of the molecule is CC#Cc1cccc(C23CC4(c5cccc(C#CC)c5C#CC)CC(c5cccc(C#CC)c5C#CC)(C2)CC(C25CC6(c7cccc(C#CC)c7C#CC)CC(c7cccc(C#CC)c7C#CC)(CC(c7cccc(C#CC)c7C#CC)(C6)C2)C5)(C3)C4)c1C#CC. The monoisotopic (exact) mass is 1180 g/mol. The molecule has 0 saturated heterocycles. The van der Waals surface area contributed by atoms with Crippen molar-refractivity contribution >= 4 is 0 Å². The normalized spacial score (nSPS) is 26.3. The molecule has 8 bridgehead atoms. The van der Waals surface area contributed by atoms with Crippen LogP contribution in [0.3, 0.4) is 0 Å². The van der Waals surface area contributed by atoms with Crippen LogP contribution in [0.25, 0.3) is 0 Å². The van der Waals surface area contributed by atoms with Gasteiger partial charge in [-0.2, -0.15) is 0 Å². The molecule has 8 fully saturated rings. The van der Waals surface area contributed by atoms with Gasteiger partial charge in [0.2, 0.25) is 0 Å². The molecule has 0 heteroatoms. The first kappa shape index (κ1) is 62.2. The zero-order valence-corrected chi connectivity index (χ0v) is 55.9. The lowest BCUT2D eigenvalue weighted by Crippen LogP contribution is -2.75. The largest absolute Gasteiger partial charge is 0.101 e. The maximum absolute atomic E-state index is 3.80. The van der Waals surface area contributed by atoms with E-state index in [0.717, 1.165) is 144 Å². The topological polar surface area (TPSA) is 0 Å². The van der Waals surface area contributed by atoms with Gasteiger partial charge in [0.1, 0.15) is 0 Å². The van der Waals surface area contributed by atoms with Gasteiger partial charge < -0.3 is 0 Å². The van der Waals surface area contributed by atoms with Crippen molar-refractivity contribution in [3.63, 3.8) is 0 Å². The molecular weight excluding hydrogens is 1110 g/mol. The minimum absolute atomic E-state index is 0.382. The zero-order valence-electron chi connectivity index (χ0n) is 55.9. The fourth-order valence-corrected chi connectivity index (χ4v) is 21.1. The second kappa shape index (κ2) is 24.3. The average molecular weight is 1180 g/mol. The number of hydrogen-bond donors (Lipinski definition) is 0. The second-order valence-corrected chi connectivity index (χ2v) is 27.2. The lowest BCUT2D eigenvalue weighted by Gasteiger charge is -2.81. The molecule has 0 spiro atoms. The highest BCUT2D eigenvalue weighted by Crippen LogP contribution is 2.86. The van der Waals surface area contributed by atoms with Gasteiger partial charge in [0.25, 0.3) is 0 Å². The van der Waals surface area contributed by atoms with Crippen LogP contribution in [0.2, 0.25) is 0 Å². The maximum atomic E-state index is 3.80. The molecule has 92 heavy (non-hydrogen) atoms. The summed E-state index contributed by atoms with van der Waals surface area (Å²) in [6.07, 6.45) is 11.2. The third-order valence-corrected chi connectivity index (χ3v) is 22.1. The van der Waals surface area contributed by atoms with Gasteiger partial charge >= 0.3 is 0 Å². The van der Waals surface area contributed by atoms with E-state index in [0.29, 0.717) is 0 Å². The highest BCUT2D eigenvalue weighted by atomic mass is 14.8. The van der Waals surface area contributed by atoms with Crippen molar-refractivity contribution in [2.75, 3.05) is 0 Å². The molecule has 0 N–H and O–H groups in total. The lowest BCUT2D eigenvalue weighted by atomic mass is 9.22. The summed E-state index contributed by atoms with van der Waals surface area (Å²) >= 11 is 0. The van der Waals surface area contributed by atoms with Gasteiger partial charge in [-0.3, -0.25) is 0 Å². The summed E-state index contributed by atoms with van der Waals surface area (Å²) in [4.78, 5) is 0. The van der Waals surface area contributed by atoms with Crippen molar-refractivity contribution in [2.24, 2.45) is 10.8 Å².